The zero-order valence-corrected chi connectivity index (χ0v) is 9.76. The molecule has 1 aromatic heterocycles. The second-order valence-electron chi connectivity index (χ2n) is 2.90. The third-order valence-corrected chi connectivity index (χ3v) is 2.78. The van der Waals surface area contributed by atoms with Crippen LogP contribution in [-0.2, 0) is 9.53 Å². The van der Waals surface area contributed by atoms with Crippen molar-refractivity contribution in [3.63, 3.8) is 0 Å². The molecule has 16 heavy (non-hydrogen) atoms. The quantitative estimate of drug-likeness (QED) is 0.755. The summed E-state index contributed by atoms with van der Waals surface area (Å²) < 4.78 is 4.71. The van der Waals surface area contributed by atoms with Gasteiger partial charge in [-0.1, -0.05) is 11.3 Å². The first-order valence-corrected chi connectivity index (χ1v) is 5.46. The van der Waals surface area contributed by atoms with Gasteiger partial charge in [0.2, 0.25) is 0 Å². The molecular formula is C9H12N2O4S. The number of anilines is 1. The molecule has 0 amide bonds. The highest BCUT2D eigenvalue weighted by Gasteiger charge is 2.14. The van der Waals surface area contributed by atoms with Crippen LogP contribution in [0.2, 0.25) is 0 Å². The maximum absolute atomic E-state index is 11.0. The maximum Gasteiger partial charge on any atom is 0.347 e. The first-order valence-electron chi connectivity index (χ1n) is 4.64. The lowest BCUT2D eigenvalue weighted by atomic mass is 10.4. The van der Waals surface area contributed by atoms with Gasteiger partial charge < -0.3 is 15.2 Å². The Morgan fingerprint density at radius 1 is 1.56 bits per heavy atom. The summed E-state index contributed by atoms with van der Waals surface area (Å²) in [6.45, 7) is 3.63. The summed E-state index contributed by atoms with van der Waals surface area (Å²) in [5.41, 5.74) is 0.434. The van der Waals surface area contributed by atoms with Crippen LogP contribution >= 0.6 is 11.3 Å². The van der Waals surface area contributed by atoms with E-state index in [4.69, 9.17) is 9.84 Å². The molecule has 0 aliphatic carbocycles. The van der Waals surface area contributed by atoms with Crippen LogP contribution in [0.1, 0.15) is 22.3 Å². The number of thiazole rings is 1. The summed E-state index contributed by atoms with van der Waals surface area (Å²) in [7, 11) is 0. The molecule has 2 N–H and O–H groups in total. The summed E-state index contributed by atoms with van der Waals surface area (Å²) in [5.74, 6) is -1.41. The number of nitrogens with zero attached hydrogens (tertiary/aromatic N) is 1. The van der Waals surface area contributed by atoms with Gasteiger partial charge in [-0.3, -0.25) is 4.79 Å². The molecule has 0 unspecified atom stereocenters. The molecule has 0 fully saturated rings. The molecule has 0 aromatic carbocycles. The molecule has 7 heteroatoms. The highest BCUT2D eigenvalue weighted by molar-refractivity contribution is 7.17. The molecule has 0 atom stereocenters. The molecule has 0 aliphatic heterocycles. The lowest BCUT2D eigenvalue weighted by molar-refractivity contribution is -0.140. The van der Waals surface area contributed by atoms with Crippen molar-refractivity contribution >= 4 is 28.4 Å². The Balaban J connectivity index is 2.58. The Morgan fingerprint density at radius 3 is 2.75 bits per heavy atom. The average Bonchev–Trinajstić information content (AvgIpc) is 2.57. The monoisotopic (exact) mass is 244 g/mol. The van der Waals surface area contributed by atoms with Crippen LogP contribution in [0.3, 0.4) is 0 Å². The van der Waals surface area contributed by atoms with E-state index in [2.05, 4.69) is 10.3 Å². The van der Waals surface area contributed by atoms with Gasteiger partial charge >= 0.3 is 11.9 Å². The van der Waals surface area contributed by atoms with E-state index in [0.717, 1.165) is 11.3 Å². The van der Waals surface area contributed by atoms with Gasteiger partial charge in [0.25, 0.3) is 0 Å². The number of carbonyl (C=O) groups excluding carboxylic acids is 1. The summed E-state index contributed by atoms with van der Waals surface area (Å²) in [6, 6.07) is 0. The van der Waals surface area contributed by atoms with Crippen molar-refractivity contribution in [1.29, 1.82) is 0 Å². The Morgan fingerprint density at radius 2 is 2.25 bits per heavy atom. The minimum absolute atomic E-state index is 0.0140. The van der Waals surface area contributed by atoms with Crippen LogP contribution in [0.15, 0.2) is 0 Å². The summed E-state index contributed by atoms with van der Waals surface area (Å²) >= 11 is 0.998. The number of hydrogen-bond donors (Lipinski definition) is 2. The van der Waals surface area contributed by atoms with Crippen molar-refractivity contribution in [2.45, 2.75) is 13.8 Å². The largest absolute Gasteiger partial charge is 0.477 e. The Hall–Kier alpha value is -1.63. The SMILES string of the molecule is CCOC(=O)CNc1nc(C)c(C(=O)O)s1. The van der Waals surface area contributed by atoms with Crippen LogP contribution in [0.4, 0.5) is 5.13 Å². The molecule has 0 aliphatic rings. The highest BCUT2D eigenvalue weighted by Crippen LogP contribution is 2.21. The maximum atomic E-state index is 11.0. The normalized spacial score (nSPS) is 9.88. The number of rotatable bonds is 5. The molecule has 1 rings (SSSR count). The molecule has 0 bridgehead atoms. The minimum Gasteiger partial charge on any atom is -0.477 e. The van der Waals surface area contributed by atoms with E-state index in [9.17, 15) is 9.59 Å². The number of esters is 1. The molecule has 0 radical (unpaired) electrons. The van der Waals surface area contributed by atoms with Crippen LogP contribution < -0.4 is 5.32 Å². The number of carboxylic acid groups (broad SMARTS) is 1. The number of aromatic nitrogens is 1. The fourth-order valence-electron chi connectivity index (χ4n) is 1.03. The van der Waals surface area contributed by atoms with Crippen LogP contribution in [0.25, 0.3) is 0 Å². The number of carbonyl (C=O) groups is 2. The Kier molecular flexibility index (Phi) is 4.24. The average molecular weight is 244 g/mol. The van der Waals surface area contributed by atoms with E-state index in [1.807, 2.05) is 0 Å². The van der Waals surface area contributed by atoms with Crippen LogP contribution in [0.5, 0.6) is 0 Å². The zero-order valence-electron chi connectivity index (χ0n) is 8.94. The number of aryl methyl sites for hydroxylation is 1. The second-order valence-corrected chi connectivity index (χ2v) is 3.90. The smallest absolute Gasteiger partial charge is 0.347 e. The second kappa shape index (κ2) is 5.45. The first-order chi connectivity index (χ1) is 7.54. The van der Waals surface area contributed by atoms with Gasteiger partial charge in [0.05, 0.1) is 12.3 Å². The standard InChI is InChI=1S/C9H12N2O4S/c1-3-15-6(12)4-10-9-11-5(2)7(16-9)8(13)14/h3-4H2,1-2H3,(H,10,11)(H,13,14). The summed E-state index contributed by atoms with van der Waals surface area (Å²) in [5, 5.41) is 11.9. The minimum atomic E-state index is -1.01. The van der Waals surface area contributed by atoms with Crippen molar-refractivity contribution in [3.8, 4) is 0 Å². The van der Waals surface area contributed by atoms with Gasteiger partial charge in [0.15, 0.2) is 5.13 Å². The molecule has 0 spiro atoms. The molecule has 0 saturated carbocycles. The van der Waals surface area contributed by atoms with Crippen LogP contribution in [0, 0.1) is 6.92 Å². The van der Waals surface area contributed by atoms with Crippen molar-refractivity contribution in [2.24, 2.45) is 0 Å². The fourth-order valence-corrected chi connectivity index (χ4v) is 1.83. The van der Waals surface area contributed by atoms with Gasteiger partial charge in [0.1, 0.15) is 11.4 Å². The molecule has 1 heterocycles. The summed E-state index contributed by atoms with van der Waals surface area (Å²) in [6.07, 6.45) is 0. The number of aromatic carboxylic acids is 1. The van der Waals surface area contributed by atoms with Crippen molar-refractivity contribution in [3.05, 3.63) is 10.6 Å². The zero-order chi connectivity index (χ0) is 12.1. The molecule has 6 nitrogen and oxygen atoms in total. The summed E-state index contributed by atoms with van der Waals surface area (Å²) in [4.78, 5) is 25.9. The van der Waals surface area contributed by atoms with E-state index < -0.39 is 11.9 Å². The Bertz CT molecular complexity index is 402. The number of carboxylic acids is 1. The first kappa shape index (κ1) is 12.4. The van der Waals surface area contributed by atoms with E-state index in [1.54, 1.807) is 13.8 Å². The lowest BCUT2D eigenvalue weighted by Crippen LogP contribution is -2.16. The number of nitrogens with one attached hydrogen (secondary N) is 1. The molecular weight excluding hydrogens is 232 g/mol. The molecule has 0 saturated heterocycles. The van der Waals surface area contributed by atoms with E-state index in [0.29, 0.717) is 17.4 Å². The van der Waals surface area contributed by atoms with E-state index in [-0.39, 0.29) is 11.4 Å². The third-order valence-electron chi connectivity index (χ3n) is 1.68. The van der Waals surface area contributed by atoms with Gasteiger partial charge in [-0.2, -0.15) is 0 Å². The predicted octanol–water partition coefficient (Wildman–Crippen LogP) is 1.12. The van der Waals surface area contributed by atoms with E-state index in [1.165, 1.54) is 0 Å². The molecule has 1 aromatic rings. The van der Waals surface area contributed by atoms with Crippen molar-refractivity contribution in [1.82, 2.24) is 4.98 Å². The van der Waals surface area contributed by atoms with Gasteiger partial charge in [-0.05, 0) is 13.8 Å². The number of ether oxygens (including phenoxy) is 1. The highest BCUT2D eigenvalue weighted by atomic mass is 32.1. The lowest BCUT2D eigenvalue weighted by Gasteiger charge is -2.01. The Labute approximate surface area is 96.3 Å². The fraction of sp³-hybridized carbons (Fsp3) is 0.444. The van der Waals surface area contributed by atoms with Crippen LogP contribution in [-0.4, -0.2) is 35.2 Å². The third kappa shape index (κ3) is 3.20. The predicted molar refractivity (Wildman–Crippen MR) is 58.9 cm³/mol. The molecule has 88 valence electrons. The van der Waals surface area contributed by atoms with E-state index >= 15 is 0 Å². The topological polar surface area (TPSA) is 88.5 Å². The van der Waals surface area contributed by atoms with Gasteiger partial charge in [0, 0.05) is 0 Å². The van der Waals surface area contributed by atoms with Crippen molar-refractivity contribution < 1.29 is 19.4 Å². The van der Waals surface area contributed by atoms with Gasteiger partial charge in [-0.25, -0.2) is 9.78 Å². The van der Waals surface area contributed by atoms with Gasteiger partial charge in [-0.15, -0.1) is 0 Å². The van der Waals surface area contributed by atoms with Crippen molar-refractivity contribution in [2.75, 3.05) is 18.5 Å². The number of hydrogen-bond acceptors (Lipinski definition) is 6.